The van der Waals surface area contributed by atoms with Crippen LogP contribution in [0.1, 0.15) is 22.8 Å². The van der Waals surface area contributed by atoms with Crippen molar-refractivity contribution in [3.05, 3.63) is 41.6 Å². The Morgan fingerprint density at radius 2 is 2.10 bits per heavy atom. The molecule has 1 aromatic heterocycles. The molecule has 0 bridgehead atoms. The summed E-state index contributed by atoms with van der Waals surface area (Å²) in [6.45, 7) is 3.96. The number of rotatable bonds is 5. The van der Waals surface area contributed by atoms with Crippen LogP contribution in [0.3, 0.4) is 0 Å². The standard InChI is InChI=1S/C15H16N2O3S/c1-4-19-14(18)11-9-16-15(21-3)17-13(11)20-12-8-6-5-7-10(12)2/h5-9H,4H2,1-3H3. The number of esters is 1. The van der Waals surface area contributed by atoms with E-state index in [9.17, 15) is 4.79 Å². The average molecular weight is 304 g/mol. The van der Waals surface area contributed by atoms with Crippen LogP contribution < -0.4 is 4.74 Å². The zero-order valence-electron chi connectivity index (χ0n) is 12.1. The molecular weight excluding hydrogens is 288 g/mol. The van der Waals surface area contributed by atoms with Crippen molar-refractivity contribution >= 4 is 17.7 Å². The summed E-state index contributed by atoms with van der Waals surface area (Å²) >= 11 is 1.38. The fourth-order valence-electron chi connectivity index (χ4n) is 1.65. The van der Waals surface area contributed by atoms with Crippen LogP contribution in [-0.4, -0.2) is 28.8 Å². The predicted molar refractivity (Wildman–Crippen MR) is 81.0 cm³/mol. The Labute approximate surface area is 127 Å². The zero-order chi connectivity index (χ0) is 15.2. The quantitative estimate of drug-likeness (QED) is 0.479. The molecule has 5 nitrogen and oxygen atoms in total. The lowest BCUT2D eigenvalue weighted by molar-refractivity contribution is 0.0521. The van der Waals surface area contributed by atoms with Gasteiger partial charge in [-0.05, 0) is 31.7 Å². The monoisotopic (exact) mass is 304 g/mol. The van der Waals surface area contributed by atoms with Gasteiger partial charge in [-0.25, -0.2) is 9.78 Å². The van der Waals surface area contributed by atoms with E-state index < -0.39 is 5.97 Å². The van der Waals surface area contributed by atoms with E-state index in [1.54, 1.807) is 6.92 Å². The number of nitrogens with zero attached hydrogens (tertiary/aromatic N) is 2. The number of thioether (sulfide) groups is 1. The summed E-state index contributed by atoms with van der Waals surface area (Å²) in [5, 5.41) is 0.534. The highest BCUT2D eigenvalue weighted by Gasteiger charge is 2.18. The third kappa shape index (κ3) is 3.72. The number of ether oxygens (including phenoxy) is 2. The van der Waals surface area contributed by atoms with Crippen molar-refractivity contribution in [2.45, 2.75) is 19.0 Å². The summed E-state index contributed by atoms with van der Waals surface area (Å²) < 4.78 is 10.8. The molecule has 0 N–H and O–H groups in total. The Hall–Kier alpha value is -2.08. The Morgan fingerprint density at radius 1 is 1.33 bits per heavy atom. The summed E-state index contributed by atoms with van der Waals surface area (Å²) in [5.74, 6) is 0.365. The lowest BCUT2D eigenvalue weighted by Crippen LogP contribution is -2.09. The number of aromatic nitrogens is 2. The number of para-hydroxylation sites is 1. The van der Waals surface area contributed by atoms with Crippen molar-refractivity contribution in [2.75, 3.05) is 12.9 Å². The van der Waals surface area contributed by atoms with Crippen LogP contribution in [0.4, 0.5) is 0 Å². The van der Waals surface area contributed by atoms with E-state index in [1.807, 2.05) is 37.4 Å². The fraction of sp³-hybridized carbons (Fsp3) is 0.267. The predicted octanol–water partition coefficient (Wildman–Crippen LogP) is 3.48. The number of hydrogen-bond donors (Lipinski definition) is 0. The van der Waals surface area contributed by atoms with E-state index in [-0.39, 0.29) is 18.1 Å². The third-order valence-electron chi connectivity index (χ3n) is 2.71. The van der Waals surface area contributed by atoms with Gasteiger partial charge in [0.1, 0.15) is 11.3 Å². The molecule has 6 heteroatoms. The Morgan fingerprint density at radius 3 is 2.76 bits per heavy atom. The van der Waals surface area contributed by atoms with Crippen LogP contribution in [0.2, 0.25) is 0 Å². The van der Waals surface area contributed by atoms with Crippen molar-refractivity contribution in [3.8, 4) is 11.6 Å². The van der Waals surface area contributed by atoms with Gasteiger partial charge >= 0.3 is 5.97 Å². The number of hydrogen-bond acceptors (Lipinski definition) is 6. The summed E-state index contributed by atoms with van der Waals surface area (Å²) in [4.78, 5) is 20.3. The fourth-order valence-corrected chi connectivity index (χ4v) is 1.98. The number of carbonyl (C=O) groups is 1. The molecule has 2 aromatic rings. The lowest BCUT2D eigenvalue weighted by Gasteiger charge is -2.11. The average Bonchev–Trinajstić information content (AvgIpc) is 2.49. The highest BCUT2D eigenvalue weighted by molar-refractivity contribution is 7.98. The van der Waals surface area contributed by atoms with Crippen LogP contribution in [0.15, 0.2) is 35.6 Å². The molecule has 0 radical (unpaired) electrons. The van der Waals surface area contributed by atoms with Gasteiger partial charge in [0.25, 0.3) is 0 Å². The highest BCUT2D eigenvalue weighted by Crippen LogP contribution is 2.27. The van der Waals surface area contributed by atoms with E-state index in [1.165, 1.54) is 18.0 Å². The maximum atomic E-state index is 12.0. The topological polar surface area (TPSA) is 61.3 Å². The first-order chi connectivity index (χ1) is 10.2. The SMILES string of the molecule is CCOC(=O)c1cnc(SC)nc1Oc1ccccc1C. The second-order valence-electron chi connectivity index (χ2n) is 4.16. The number of aryl methyl sites for hydroxylation is 1. The smallest absolute Gasteiger partial charge is 0.345 e. The van der Waals surface area contributed by atoms with E-state index in [2.05, 4.69) is 9.97 Å². The first-order valence-electron chi connectivity index (χ1n) is 6.47. The minimum absolute atomic E-state index is 0.210. The molecule has 0 atom stereocenters. The third-order valence-corrected chi connectivity index (χ3v) is 3.27. The zero-order valence-corrected chi connectivity index (χ0v) is 12.9. The molecule has 0 saturated carbocycles. The molecule has 0 aliphatic heterocycles. The van der Waals surface area contributed by atoms with Gasteiger partial charge in [0, 0.05) is 6.20 Å². The van der Waals surface area contributed by atoms with Crippen molar-refractivity contribution < 1.29 is 14.3 Å². The van der Waals surface area contributed by atoms with Crippen molar-refractivity contribution in [1.82, 2.24) is 9.97 Å². The molecule has 0 fully saturated rings. The van der Waals surface area contributed by atoms with Crippen LogP contribution in [0, 0.1) is 6.92 Å². The van der Waals surface area contributed by atoms with E-state index in [0.717, 1.165) is 5.56 Å². The summed E-state index contributed by atoms with van der Waals surface area (Å²) in [6, 6.07) is 7.53. The molecule has 0 spiro atoms. The molecule has 1 heterocycles. The van der Waals surface area contributed by atoms with Gasteiger partial charge in [0.05, 0.1) is 6.61 Å². The minimum atomic E-state index is -0.492. The molecule has 0 aliphatic rings. The van der Waals surface area contributed by atoms with Gasteiger partial charge in [0.2, 0.25) is 5.88 Å². The Bertz CT molecular complexity index is 647. The van der Waals surface area contributed by atoms with Crippen molar-refractivity contribution in [1.29, 1.82) is 0 Å². The van der Waals surface area contributed by atoms with Crippen LogP contribution in [-0.2, 0) is 4.74 Å². The largest absolute Gasteiger partial charge is 0.462 e. The Kier molecular flexibility index (Phi) is 5.16. The maximum absolute atomic E-state index is 12.0. The van der Waals surface area contributed by atoms with Crippen LogP contribution >= 0.6 is 11.8 Å². The van der Waals surface area contributed by atoms with Crippen LogP contribution in [0.25, 0.3) is 0 Å². The summed E-state index contributed by atoms with van der Waals surface area (Å²) in [7, 11) is 0. The minimum Gasteiger partial charge on any atom is -0.462 e. The summed E-state index contributed by atoms with van der Waals surface area (Å²) in [6.07, 6.45) is 3.29. The normalized spacial score (nSPS) is 10.2. The molecule has 0 amide bonds. The first-order valence-corrected chi connectivity index (χ1v) is 7.69. The highest BCUT2D eigenvalue weighted by atomic mass is 32.2. The second-order valence-corrected chi connectivity index (χ2v) is 4.94. The van der Waals surface area contributed by atoms with Crippen LogP contribution in [0.5, 0.6) is 11.6 Å². The summed E-state index contributed by atoms with van der Waals surface area (Å²) in [5.41, 5.74) is 1.18. The van der Waals surface area contributed by atoms with Gasteiger partial charge in [-0.2, -0.15) is 4.98 Å². The lowest BCUT2D eigenvalue weighted by atomic mass is 10.2. The molecule has 0 unspecified atom stereocenters. The van der Waals surface area contributed by atoms with Gasteiger partial charge in [-0.15, -0.1) is 0 Å². The van der Waals surface area contributed by atoms with Crippen molar-refractivity contribution in [3.63, 3.8) is 0 Å². The molecule has 21 heavy (non-hydrogen) atoms. The maximum Gasteiger partial charge on any atom is 0.345 e. The molecule has 0 saturated heterocycles. The molecule has 110 valence electrons. The Balaban J connectivity index is 2.39. The van der Waals surface area contributed by atoms with Crippen molar-refractivity contribution in [2.24, 2.45) is 0 Å². The second kappa shape index (κ2) is 7.08. The van der Waals surface area contributed by atoms with Gasteiger partial charge in [0.15, 0.2) is 5.16 Å². The van der Waals surface area contributed by atoms with Gasteiger partial charge in [-0.1, -0.05) is 30.0 Å². The molecule has 0 aliphatic carbocycles. The molecule has 2 rings (SSSR count). The first kappa shape index (κ1) is 15.3. The van der Waals surface area contributed by atoms with E-state index in [4.69, 9.17) is 9.47 Å². The van der Waals surface area contributed by atoms with E-state index >= 15 is 0 Å². The molecular formula is C15H16N2O3S. The number of carbonyl (C=O) groups excluding carboxylic acids is 1. The van der Waals surface area contributed by atoms with Gasteiger partial charge in [-0.3, -0.25) is 0 Å². The van der Waals surface area contributed by atoms with Gasteiger partial charge < -0.3 is 9.47 Å². The van der Waals surface area contributed by atoms with E-state index in [0.29, 0.717) is 10.9 Å². The number of benzene rings is 1. The molecule has 1 aromatic carbocycles.